The summed E-state index contributed by atoms with van der Waals surface area (Å²) < 4.78 is 10.1. The molecule has 0 saturated heterocycles. The van der Waals surface area contributed by atoms with E-state index < -0.39 is 29.8 Å². The van der Waals surface area contributed by atoms with Crippen molar-refractivity contribution in [2.24, 2.45) is 5.92 Å². The molecule has 132 valence electrons. The third-order valence-electron chi connectivity index (χ3n) is 3.26. The Bertz CT molecular complexity index is 545. The summed E-state index contributed by atoms with van der Waals surface area (Å²) in [6, 6.07) is 8.14. The average molecular weight is 337 g/mol. The van der Waals surface area contributed by atoms with Gasteiger partial charge in [0.2, 0.25) is 5.91 Å². The van der Waals surface area contributed by atoms with Crippen LogP contribution in [0.15, 0.2) is 30.3 Å². The maximum atomic E-state index is 11.8. The highest BCUT2D eigenvalue weighted by molar-refractivity contribution is 5.84. The van der Waals surface area contributed by atoms with Crippen molar-refractivity contribution in [3.05, 3.63) is 35.9 Å². The summed E-state index contributed by atoms with van der Waals surface area (Å²) >= 11 is 0. The Morgan fingerprint density at radius 2 is 1.88 bits per heavy atom. The fraction of sp³-hybridized carbons (Fsp3) is 0.471. The van der Waals surface area contributed by atoms with Crippen LogP contribution in [0, 0.1) is 5.92 Å². The molecule has 0 aliphatic rings. The molecule has 2 atom stereocenters. The molecule has 7 heteroatoms. The number of amides is 1. The number of esters is 1. The molecule has 0 radical (unpaired) electrons. The van der Waals surface area contributed by atoms with Crippen LogP contribution in [0.1, 0.15) is 25.8 Å². The highest BCUT2D eigenvalue weighted by atomic mass is 16.5. The number of carbonyl (C=O) groups excluding carboxylic acids is 2. The molecule has 0 saturated carbocycles. The SMILES string of the molecule is CCOC(=O)[C@H](C)C[C@H](NC(=O)COCc1ccccc1)C(=O)O. The smallest absolute Gasteiger partial charge is 0.326 e. The molecular weight excluding hydrogens is 314 g/mol. The van der Waals surface area contributed by atoms with Gasteiger partial charge in [0.1, 0.15) is 12.6 Å². The van der Waals surface area contributed by atoms with Crippen molar-refractivity contribution in [2.45, 2.75) is 32.9 Å². The van der Waals surface area contributed by atoms with Crippen molar-refractivity contribution in [3.63, 3.8) is 0 Å². The van der Waals surface area contributed by atoms with Crippen molar-refractivity contribution < 1.29 is 29.0 Å². The number of hydrogen-bond donors (Lipinski definition) is 2. The lowest BCUT2D eigenvalue weighted by Crippen LogP contribution is -2.44. The van der Waals surface area contributed by atoms with Gasteiger partial charge in [-0.3, -0.25) is 9.59 Å². The van der Waals surface area contributed by atoms with Gasteiger partial charge in [0, 0.05) is 0 Å². The van der Waals surface area contributed by atoms with E-state index in [9.17, 15) is 19.5 Å². The van der Waals surface area contributed by atoms with Gasteiger partial charge in [0.25, 0.3) is 0 Å². The first-order chi connectivity index (χ1) is 11.4. The Hall–Kier alpha value is -2.41. The predicted octanol–water partition coefficient (Wildman–Crippen LogP) is 1.36. The van der Waals surface area contributed by atoms with Crippen LogP contribution in [0.5, 0.6) is 0 Å². The Balaban J connectivity index is 2.42. The number of aliphatic carboxylic acids is 1. The number of hydrogen-bond acceptors (Lipinski definition) is 5. The first kappa shape index (κ1) is 19.6. The number of nitrogens with one attached hydrogen (secondary N) is 1. The summed E-state index contributed by atoms with van der Waals surface area (Å²) in [6.07, 6.45) is -0.0431. The molecule has 0 spiro atoms. The lowest BCUT2D eigenvalue weighted by molar-refractivity contribution is -0.149. The van der Waals surface area contributed by atoms with Gasteiger partial charge in [-0.2, -0.15) is 0 Å². The van der Waals surface area contributed by atoms with Crippen LogP contribution in [-0.4, -0.2) is 42.2 Å². The van der Waals surface area contributed by atoms with Gasteiger partial charge >= 0.3 is 11.9 Å². The number of carboxylic acids is 1. The zero-order chi connectivity index (χ0) is 17.9. The molecule has 1 rings (SSSR count). The number of rotatable bonds is 10. The van der Waals surface area contributed by atoms with Gasteiger partial charge in [-0.1, -0.05) is 37.3 Å². The number of carbonyl (C=O) groups is 3. The molecule has 0 bridgehead atoms. The Kier molecular flexibility index (Phi) is 8.49. The van der Waals surface area contributed by atoms with Crippen LogP contribution in [-0.2, 0) is 30.5 Å². The second kappa shape index (κ2) is 10.4. The second-order valence-electron chi connectivity index (χ2n) is 5.33. The van der Waals surface area contributed by atoms with Crippen molar-refractivity contribution >= 4 is 17.8 Å². The third-order valence-corrected chi connectivity index (χ3v) is 3.26. The highest BCUT2D eigenvalue weighted by Crippen LogP contribution is 2.09. The molecule has 2 N–H and O–H groups in total. The summed E-state index contributed by atoms with van der Waals surface area (Å²) in [5.74, 6) is -2.87. The molecule has 0 heterocycles. The minimum Gasteiger partial charge on any atom is -0.480 e. The Morgan fingerprint density at radius 3 is 2.46 bits per heavy atom. The van der Waals surface area contributed by atoms with Crippen LogP contribution in [0.3, 0.4) is 0 Å². The molecule has 0 unspecified atom stereocenters. The van der Waals surface area contributed by atoms with E-state index in [0.29, 0.717) is 0 Å². The largest absolute Gasteiger partial charge is 0.480 e. The molecule has 7 nitrogen and oxygen atoms in total. The molecule has 24 heavy (non-hydrogen) atoms. The fourth-order valence-corrected chi connectivity index (χ4v) is 2.03. The minimum absolute atomic E-state index is 0.0431. The average Bonchev–Trinajstić information content (AvgIpc) is 2.55. The van der Waals surface area contributed by atoms with E-state index in [1.54, 1.807) is 13.8 Å². The summed E-state index contributed by atoms with van der Waals surface area (Å²) in [5, 5.41) is 11.5. The lowest BCUT2D eigenvalue weighted by Gasteiger charge is -2.18. The van der Waals surface area contributed by atoms with E-state index in [1.165, 1.54) is 0 Å². The predicted molar refractivity (Wildman–Crippen MR) is 86.1 cm³/mol. The Morgan fingerprint density at radius 1 is 1.21 bits per heavy atom. The molecule has 1 amide bonds. The molecule has 0 aliphatic carbocycles. The normalized spacial score (nSPS) is 12.9. The van der Waals surface area contributed by atoms with E-state index in [0.717, 1.165) is 5.56 Å². The van der Waals surface area contributed by atoms with E-state index in [1.807, 2.05) is 30.3 Å². The molecular formula is C17H23NO6. The van der Waals surface area contributed by atoms with Crippen molar-refractivity contribution in [1.82, 2.24) is 5.32 Å². The van der Waals surface area contributed by atoms with Crippen LogP contribution >= 0.6 is 0 Å². The van der Waals surface area contributed by atoms with Gasteiger partial charge in [0.15, 0.2) is 0 Å². The number of ether oxygens (including phenoxy) is 2. The summed E-state index contributed by atoms with van der Waals surface area (Å²) in [5.41, 5.74) is 0.913. The van der Waals surface area contributed by atoms with Crippen molar-refractivity contribution in [2.75, 3.05) is 13.2 Å². The van der Waals surface area contributed by atoms with Gasteiger partial charge in [-0.05, 0) is 18.9 Å². The molecule has 1 aromatic rings. The standard InChI is InChI=1S/C17H23NO6/c1-3-24-17(22)12(2)9-14(16(20)21)18-15(19)11-23-10-13-7-5-4-6-8-13/h4-8,12,14H,3,9-11H2,1-2H3,(H,18,19)(H,20,21)/t12-,14+/m1/s1. The van der Waals surface area contributed by atoms with Crippen LogP contribution in [0.25, 0.3) is 0 Å². The first-order valence-corrected chi connectivity index (χ1v) is 7.74. The molecule has 0 aliphatic heterocycles. The summed E-state index contributed by atoms with van der Waals surface area (Å²) in [6.45, 7) is 3.45. The molecule has 0 fully saturated rings. The molecule has 0 aromatic heterocycles. The third kappa shape index (κ3) is 7.23. The van der Waals surface area contributed by atoms with Gasteiger partial charge in [-0.25, -0.2) is 4.79 Å². The maximum absolute atomic E-state index is 11.8. The number of benzene rings is 1. The lowest BCUT2D eigenvalue weighted by atomic mass is 10.0. The van der Waals surface area contributed by atoms with Crippen LogP contribution < -0.4 is 5.32 Å². The molecule has 1 aromatic carbocycles. The van der Waals surface area contributed by atoms with Gasteiger partial charge in [0.05, 0.1) is 19.1 Å². The zero-order valence-electron chi connectivity index (χ0n) is 13.9. The minimum atomic E-state index is -1.21. The van der Waals surface area contributed by atoms with Gasteiger partial charge in [-0.15, -0.1) is 0 Å². The zero-order valence-corrected chi connectivity index (χ0v) is 13.9. The number of carboxylic acid groups (broad SMARTS) is 1. The topological polar surface area (TPSA) is 102 Å². The fourth-order valence-electron chi connectivity index (χ4n) is 2.03. The highest BCUT2D eigenvalue weighted by Gasteiger charge is 2.26. The van der Waals surface area contributed by atoms with E-state index in [-0.39, 0.29) is 26.2 Å². The maximum Gasteiger partial charge on any atom is 0.326 e. The Labute approximate surface area is 141 Å². The van der Waals surface area contributed by atoms with E-state index in [2.05, 4.69) is 5.32 Å². The first-order valence-electron chi connectivity index (χ1n) is 7.74. The van der Waals surface area contributed by atoms with Crippen LogP contribution in [0.2, 0.25) is 0 Å². The van der Waals surface area contributed by atoms with Gasteiger partial charge < -0.3 is 19.9 Å². The van der Waals surface area contributed by atoms with Crippen molar-refractivity contribution in [3.8, 4) is 0 Å². The van der Waals surface area contributed by atoms with E-state index >= 15 is 0 Å². The monoisotopic (exact) mass is 337 g/mol. The second-order valence-corrected chi connectivity index (χ2v) is 5.33. The van der Waals surface area contributed by atoms with Crippen LogP contribution in [0.4, 0.5) is 0 Å². The quantitative estimate of drug-likeness (QED) is 0.625. The summed E-state index contributed by atoms with van der Waals surface area (Å²) in [4.78, 5) is 34.6. The summed E-state index contributed by atoms with van der Waals surface area (Å²) in [7, 11) is 0. The van der Waals surface area contributed by atoms with Crippen molar-refractivity contribution in [1.29, 1.82) is 0 Å². The van der Waals surface area contributed by atoms with E-state index in [4.69, 9.17) is 9.47 Å².